The Bertz CT molecular complexity index is 1300. The van der Waals surface area contributed by atoms with Gasteiger partial charge in [0, 0.05) is 44.7 Å². The highest BCUT2D eigenvalue weighted by Gasteiger charge is 2.28. The van der Waals surface area contributed by atoms with E-state index in [0.717, 1.165) is 0 Å². The summed E-state index contributed by atoms with van der Waals surface area (Å²) in [5.74, 6) is 0.109. The highest BCUT2D eigenvalue weighted by atomic mass is 32.2. The molecule has 1 aromatic heterocycles. The van der Waals surface area contributed by atoms with Gasteiger partial charge < -0.3 is 14.5 Å². The molecule has 1 fully saturated rings. The van der Waals surface area contributed by atoms with Crippen LogP contribution in [0.2, 0.25) is 0 Å². The molecule has 0 unspecified atom stereocenters. The lowest BCUT2D eigenvalue weighted by atomic mass is 10.2. The zero-order valence-corrected chi connectivity index (χ0v) is 19.0. The second-order valence-electron chi connectivity index (χ2n) is 7.66. The number of rotatable bonds is 7. The molecule has 4 rings (SSSR count). The fraction of sp³-hybridized carbons (Fsp3) is 0.304. The van der Waals surface area contributed by atoms with E-state index in [1.165, 1.54) is 17.5 Å². The smallest absolute Gasteiger partial charge is 0.349 e. The number of carbonyl (C=O) groups excluding carboxylic acids is 1. The van der Waals surface area contributed by atoms with E-state index in [-0.39, 0.29) is 10.5 Å². The number of benzene rings is 2. The van der Waals surface area contributed by atoms with Crippen molar-refractivity contribution in [2.45, 2.75) is 4.90 Å². The van der Waals surface area contributed by atoms with Gasteiger partial charge in [-0.2, -0.15) is 4.31 Å². The Morgan fingerprint density at radius 3 is 2.45 bits per heavy atom. The minimum atomic E-state index is -3.57. The van der Waals surface area contributed by atoms with Crippen LogP contribution in [0, 0.1) is 0 Å². The Morgan fingerprint density at radius 2 is 1.76 bits per heavy atom. The summed E-state index contributed by atoms with van der Waals surface area (Å²) < 4.78 is 37.5. The number of nitrogens with one attached hydrogen (secondary N) is 1. The number of piperazine rings is 1. The summed E-state index contributed by atoms with van der Waals surface area (Å²) in [6.07, 6.45) is 0. The molecule has 1 saturated heterocycles. The number of carbonyl (C=O) groups is 1. The predicted molar refractivity (Wildman–Crippen MR) is 123 cm³/mol. The van der Waals surface area contributed by atoms with Crippen LogP contribution in [0.1, 0.15) is 10.4 Å². The molecular weight excluding hydrogens is 446 g/mol. The van der Waals surface area contributed by atoms with Crippen molar-refractivity contribution in [3.63, 3.8) is 0 Å². The lowest BCUT2D eigenvalue weighted by Crippen LogP contribution is -2.50. The molecule has 174 valence electrons. The Hall–Kier alpha value is -3.21. The van der Waals surface area contributed by atoms with Gasteiger partial charge in [-0.1, -0.05) is 18.2 Å². The van der Waals surface area contributed by atoms with Crippen LogP contribution in [-0.4, -0.2) is 69.9 Å². The van der Waals surface area contributed by atoms with E-state index in [2.05, 4.69) is 10.2 Å². The molecule has 0 bridgehead atoms. The van der Waals surface area contributed by atoms with Crippen LogP contribution in [0.3, 0.4) is 0 Å². The Kier molecular flexibility index (Phi) is 6.77. The van der Waals surface area contributed by atoms with Gasteiger partial charge in [-0.15, -0.1) is 0 Å². The molecule has 2 heterocycles. The molecular formula is C23H25N3O6S. The van der Waals surface area contributed by atoms with Crippen molar-refractivity contribution in [3.8, 4) is 5.75 Å². The number of para-hydroxylation sites is 1. The van der Waals surface area contributed by atoms with Crippen molar-refractivity contribution < 1.29 is 22.4 Å². The molecule has 2 aromatic carbocycles. The van der Waals surface area contributed by atoms with E-state index in [1.54, 1.807) is 48.5 Å². The van der Waals surface area contributed by atoms with Gasteiger partial charge in [0.2, 0.25) is 10.0 Å². The fourth-order valence-corrected chi connectivity index (χ4v) is 5.16. The molecule has 1 N–H and O–H groups in total. The third kappa shape index (κ3) is 5.08. The zero-order valence-electron chi connectivity index (χ0n) is 18.2. The van der Waals surface area contributed by atoms with Crippen molar-refractivity contribution in [3.05, 3.63) is 70.6 Å². The summed E-state index contributed by atoms with van der Waals surface area (Å²) >= 11 is 0. The van der Waals surface area contributed by atoms with Crippen molar-refractivity contribution >= 4 is 26.9 Å². The molecule has 0 radical (unpaired) electrons. The second-order valence-corrected chi connectivity index (χ2v) is 9.60. The SMILES string of the molecule is COc1ccc(S(=O)(=O)N2CCN(CCNC(=O)c3cc4ccccc4oc3=O)CC2)cc1. The van der Waals surface area contributed by atoms with Crippen molar-refractivity contribution in [2.24, 2.45) is 0 Å². The molecule has 0 atom stereocenters. The van der Waals surface area contributed by atoms with E-state index in [4.69, 9.17) is 9.15 Å². The zero-order chi connectivity index (χ0) is 23.4. The summed E-state index contributed by atoms with van der Waals surface area (Å²) in [4.78, 5) is 26.9. The quantitative estimate of drug-likeness (QED) is 0.521. The third-order valence-corrected chi connectivity index (χ3v) is 7.54. The average molecular weight is 472 g/mol. The van der Waals surface area contributed by atoms with Crippen LogP contribution >= 0.6 is 0 Å². The summed E-state index contributed by atoms with van der Waals surface area (Å²) in [5.41, 5.74) is -0.283. The monoisotopic (exact) mass is 471 g/mol. The average Bonchev–Trinajstić information content (AvgIpc) is 2.84. The van der Waals surface area contributed by atoms with Gasteiger partial charge in [0.1, 0.15) is 16.9 Å². The second kappa shape index (κ2) is 9.74. The molecule has 1 amide bonds. The van der Waals surface area contributed by atoms with Crippen molar-refractivity contribution in [1.29, 1.82) is 0 Å². The van der Waals surface area contributed by atoms with Crippen LogP contribution in [0.15, 0.2) is 68.7 Å². The maximum atomic E-state index is 12.8. The van der Waals surface area contributed by atoms with Crippen molar-refractivity contribution in [1.82, 2.24) is 14.5 Å². The van der Waals surface area contributed by atoms with Gasteiger partial charge in [-0.3, -0.25) is 9.69 Å². The fourth-order valence-electron chi connectivity index (χ4n) is 3.73. The Morgan fingerprint density at radius 1 is 1.06 bits per heavy atom. The summed E-state index contributed by atoms with van der Waals surface area (Å²) in [6, 6.07) is 14.9. The van der Waals surface area contributed by atoms with Gasteiger partial charge in [0.05, 0.1) is 12.0 Å². The van der Waals surface area contributed by atoms with E-state index in [1.807, 2.05) is 0 Å². The summed E-state index contributed by atoms with van der Waals surface area (Å²) in [6.45, 7) is 2.68. The number of nitrogens with zero attached hydrogens (tertiary/aromatic N) is 2. The molecule has 0 saturated carbocycles. The third-order valence-electron chi connectivity index (χ3n) is 5.63. The largest absolute Gasteiger partial charge is 0.497 e. The highest BCUT2D eigenvalue weighted by molar-refractivity contribution is 7.89. The van der Waals surface area contributed by atoms with E-state index < -0.39 is 21.6 Å². The van der Waals surface area contributed by atoms with E-state index >= 15 is 0 Å². The Balaban J connectivity index is 1.29. The van der Waals surface area contributed by atoms with Crippen LogP contribution < -0.4 is 15.7 Å². The maximum absolute atomic E-state index is 12.8. The van der Waals surface area contributed by atoms with Crippen LogP contribution in [0.5, 0.6) is 5.75 Å². The first kappa shape index (κ1) is 23.0. The van der Waals surface area contributed by atoms with Crippen LogP contribution in [0.25, 0.3) is 11.0 Å². The first-order chi connectivity index (χ1) is 15.9. The maximum Gasteiger partial charge on any atom is 0.349 e. The minimum Gasteiger partial charge on any atom is -0.497 e. The lowest BCUT2D eigenvalue weighted by Gasteiger charge is -2.33. The Labute approximate surface area is 191 Å². The number of ether oxygens (including phenoxy) is 1. The molecule has 3 aromatic rings. The van der Waals surface area contributed by atoms with Crippen LogP contribution in [0.4, 0.5) is 0 Å². The number of fused-ring (bicyclic) bond motifs is 1. The van der Waals surface area contributed by atoms with Gasteiger partial charge in [-0.25, -0.2) is 13.2 Å². The number of amides is 1. The minimum absolute atomic E-state index is 0.0379. The molecule has 0 spiro atoms. The van der Waals surface area contributed by atoms with Gasteiger partial charge in [-0.05, 0) is 36.4 Å². The number of hydrogen-bond donors (Lipinski definition) is 1. The molecule has 10 heteroatoms. The molecule has 1 aliphatic rings. The summed E-state index contributed by atoms with van der Waals surface area (Å²) in [7, 11) is -2.04. The van der Waals surface area contributed by atoms with Gasteiger partial charge >= 0.3 is 5.63 Å². The van der Waals surface area contributed by atoms with Gasteiger partial charge in [0.25, 0.3) is 5.91 Å². The highest BCUT2D eigenvalue weighted by Crippen LogP contribution is 2.20. The first-order valence-corrected chi connectivity index (χ1v) is 12.0. The lowest BCUT2D eigenvalue weighted by molar-refractivity contribution is 0.0941. The number of hydrogen-bond acceptors (Lipinski definition) is 7. The van der Waals surface area contributed by atoms with E-state index in [9.17, 15) is 18.0 Å². The van der Waals surface area contributed by atoms with E-state index in [0.29, 0.717) is 56.0 Å². The first-order valence-electron chi connectivity index (χ1n) is 10.6. The molecule has 1 aliphatic heterocycles. The summed E-state index contributed by atoms with van der Waals surface area (Å²) in [5, 5.41) is 3.42. The normalized spacial score (nSPS) is 15.4. The molecule has 0 aliphatic carbocycles. The number of methoxy groups -OCH3 is 1. The number of sulfonamides is 1. The predicted octanol–water partition coefficient (Wildman–Crippen LogP) is 1.54. The molecule has 33 heavy (non-hydrogen) atoms. The van der Waals surface area contributed by atoms with Crippen LogP contribution in [-0.2, 0) is 10.0 Å². The topological polar surface area (TPSA) is 109 Å². The van der Waals surface area contributed by atoms with Gasteiger partial charge in [0.15, 0.2) is 0 Å². The van der Waals surface area contributed by atoms with Crippen molar-refractivity contribution in [2.75, 3.05) is 46.4 Å². The molecule has 9 nitrogen and oxygen atoms in total. The standard InChI is InChI=1S/C23H25N3O6S/c1-31-18-6-8-19(9-7-18)33(29,30)26-14-12-25(13-15-26)11-10-24-22(27)20-16-17-4-2-3-5-21(17)32-23(20)28/h2-9,16H,10-15H2,1H3,(H,24,27).